The number of aryl methyl sites for hydroxylation is 1. The highest BCUT2D eigenvalue weighted by atomic mass is 14.7. The van der Waals surface area contributed by atoms with Crippen molar-refractivity contribution in [3.05, 3.63) is 54.2 Å². The van der Waals surface area contributed by atoms with Crippen LogP contribution in [0.4, 0.5) is 0 Å². The number of pyridine rings is 1. The van der Waals surface area contributed by atoms with Crippen LogP contribution in [0.25, 0.3) is 21.7 Å². The van der Waals surface area contributed by atoms with Crippen LogP contribution in [0.3, 0.4) is 0 Å². The third-order valence-electron chi connectivity index (χ3n) is 2.80. The number of aromatic nitrogens is 1. The van der Waals surface area contributed by atoms with E-state index in [1.165, 1.54) is 16.2 Å². The second kappa shape index (κ2) is 4.96. The third-order valence-corrected chi connectivity index (χ3v) is 2.80. The summed E-state index contributed by atoms with van der Waals surface area (Å²) in [5.74, 6) is 0. The monoisotopic (exact) mass is 223 g/mol. The lowest BCUT2D eigenvalue weighted by Crippen LogP contribution is -1.86. The first-order valence-corrected chi connectivity index (χ1v) is 6.10. The number of nitrogens with zero attached hydrogens (tertiary/aromatic N) is 1. The minimum Gasteiger partial charge on any atom is -0.252 e. The zero-order chi connectivity index (χ0) is 12.3. The van der Waals surface area contributed by atoms with Gasteiger partial charge in [0.25, 0.3) is 0 Å². The maximum atomic E-state index is 4.60. The van der Waals surface area contributed by atoms with Crippen LogP contribution in [0.1, 0.15) is 19.5 Å². The van der Waals surface area contributed by atoms with Crippen molar-refractivity contribution in [2.45, 2.75) is 20.8 Å². The lowest BCUT2D eigenvalue weighted by atomic mass is 10.0. The average molecular weight is 223 g/mol. The van der Waals surface area contributed by atoms with Crippen molar-refractivity contribution < 1.29 is 0 Å². The molecule has 0 amide bonds. The van der Waals surface area contributed by atoms with Gasteiger partial charge in [-0.15, -0.1) is 0 Å². The molecule has 1 aromatic heterocycles. The summed E-state index contributed by atoms with van der Waals surface area (Å²) >= 11 is 0. The van der Waals surface area contributed by atoms with E-state index in [0.717, 1.165) is 11.2 Å². The van der Waals surface area contributed by atoms with E-state index in [0.29, 0.717) is 0 Å². The molecule has 0 N–H and O–H groups in total. The van der Waals surface area contributed by atoms with Gasteiger partial charge >= 0.3 is 0 Å². The first kappa shape index (κ1) is 11.6. The molecule has 0 aliphatic heterocycles. The molecule has 0 saturated carbocycles. The molecule has 17 heavy (non-hydrogen) atoms. The Bertz CT molecular complexity index is 641. The van der Waals surface area contributed by atoms with Crippen molar-refractivity contribution in [3.8, 4) is 0 Å². The molecule has 3 aromatic rings. The fourth-order valence-corrected chi connectivity index (χ4v) is 2.07. The van der Waals surface area contributed by atoms with Gasteiger partial charge in [0.2, 0.25) is 0 Å². The molecule has 0 radical (unpaired) electrons. The van der Waals surface area contributed by atoms with E-state index in [4.69, 9.17) is 0 Å². The summed E-state index contributed by atoms with van der Waals surface area (Å²) in [6.45, 7) is 6.06. The SMILES string of the molecule is CC.Cc1nc2ccccc2c2ccccc12. The fourth-order valence-electron chi connectivity index (χ4n) is 2.07. The van der Waals surface area contributed by atoms with Crippen molar-refractivity contribution in [1.29, 1.82) is 0 Å². The predicted octanol–water partition coefficient (Wildman–Crippen LogP) is 4.72. The van der Waals surface area contributed by atoms with Crippen molar-refractivity contribution in [2.24, 2.45) is 0 Å². The van der Waals surface area contributed by atoms with Gasteiger partial charge in [0.05, 0.1) is 5.52 Å². The Kier molecular flexibility index (Phi) is 3.38. The molecule has 86 valence electrons. The molecule has 0 fully saturated rings. The molecule has 0 bridgehead atoms. The van der Waals surface area contributed by atoms with Gasteiger partial charge in [-0.1, -0.05) is 56.3 Å². The first-order chi connectivity index (χ1) is 8.36. The summed E-state index contributed by atoms with van der Waals surface area (Å²) in [6, 6.07) is 16.7. The molecule has 0 aliphatic carbocycles. The largest absolute Gasteiger partial charge is 0.252 e. The summed E-state index contributed by atoms with van der Waals surface area (Å²) in [5.41, 5.74) is 2.18. The van der Waals surface area contributed by atoms with Crippen LogP contribution in [-0.2, 0) is 0 Å². The Morgan fingerprint density at radius 2 is 1.24 bits per heavy atom. The van der Waals surface area contributed by atoms with Gasteiger partial charge in [-0.05, 0) is 18.4 Å². The zero-order valence-corrected chi connectivity index (χ0v) is 10.6. The molecule has 0 saturated heterocycles. The number of hydrogen-bond acceptors (Lipinski definition) is 1. The predicted molar refractivity (Wildman–Crippen MR) is 75.3 cm³/mol. The Balaban J connectivity index is 0.000000514. The molecule has 0 spiro atoms. The van der Waals surface area contributed by atoms with Crippen molar-refractivity contribution in [2.75, 3.05) is 0 Å². The molecule has 1 nitrogen and oxygen atoms in total. The van der Waals surface area contributed by atoms with E-state index < -0.39 is 0 Å². The van der Waals surface area contributed by atoms with E-state index in [-0.39, 0.29) is 0 Å². The summed E-state index contributed by atoms with van der Waals surface area (Å²) in [4.78, 5) is 4.60. The van der Waals surface area contributed by atoms with E-state index in [1.54, 1.807) is 0 Å². The number of hydrogen-bond donors (Lipinski definition) is 0. The molecule has 1 heterocycles. The number of para-hydroxylation sites is 1. The second-order valence-electron chi connectivity index (χ2n) is 3.76. The summed E-state index contributed by atoms with van der Waals surface area (Å²) in [5, 5.41) is 3.77. The first-order valence-electron chi connectivity index (χ1n) is 6.10. The number of rotatable bonds is 0. The van der Waals surface area contributed by atoms with Gasteiger partial charge < -0.3 is 0 Å². The standard InChI is InChI=1S/C14H11N.C2H6/c1-10-11-6-2-3-7-12(11)13-8-4-5-9-14(13)15-10;1-2/h2-9H,1H3;1-2H3. The highest BCUT2D eigenvalue weighted by Gasteiger charge is 2.02. The Morgan fingerprint density at radius 1 is 0.706 bits per heavy atom. The number of fused-ring (bicyclic) bond motifs is 3. The van der Waals surface area contributed by atoms with Crippen LogP contribution in [0, 0.1) is 6.92 Å². The number of benzene rings is 2. The summed E-state index contributed by atoms with van der Waals surface area (Å²) in [6.07, 6.45) is 0. The fraction of sp³-hybridized carbons (Fsp3) is 0.188. The average Bonchev–Trinajstić information content (AvgIpc) is 2.42. The molecule has 3 rings (SSSR count). The highest BCUT2D eigenvalue weighted by Crippen LogP contribution is 2.25. The van der Waals surface area contributed by atoms with Crippen LogP contribution >= 0.6 is 0 Å². The maximum absolute atomic E-state index is 4.60. The van der Waals surface area contributed by atoms with Crippen LogP contribution in [0.2, 0.25) is 0 Å². The minimum atomic E-state index is 1.08. The summed E-state index contributed by atoms with van der Waals surface area (Å²) in [7, 11) is 0. The molecule has 0 aliphatic rings. The smallest absolute Gasteiger partial charge is 0.0711 e. The topological polar surface area (TPSA) is 12.9 Å². The zero-order valence-electron chi connectivity index (χ0n) is 10.6. The van der Waals surface area contributed by atoms with Gasteiger partial charge in [-0.2, -0.15) is 0 Å². The summed E-state index contributed by atoms with van der Waals surface area (Å²) < 4.78 is 0. The minimum absolute atomic E-state index is 1.08. The molecular formula is C16H17N. The van der Waals surface area contributed by atoms with E-state index in [1.807, 2.05) is 19.9 Å². The Hall–Kier alpha value is -1.89. The van der Waals surface area contributed by atoms with Crippen LogP contribution in [0.5, 0.6) is 0 Å². The third kappa shape index (κ3) is 2.01. The maximum Gasteiger partial charge on any atom is 0.0711 e. The van der Waals surface area contributed by atoms with E-state index >= 15 is 0 Å². The van der Waals surface area contributed by atoms with Gasteiger partial charge in [0.15, 0.2) is 0 Å². The van der Waals surface area contributed by atoms with Gasteiger partial charge in [0.1, 0.15) is 0 Å². The van der Waals surface area contributed by atoms with Crippen molar-refractivity contribution in [1.82, 2.24) is 4.98 Å². The van der Waals surface area contributed by atoms with E-state index in [9.17, 15) is 0 Å². The lowest BCUT2D eigenvalue weighted by molar-refractivity contribution is 1.29. The van der Waals surface area contributed by atoms with Gasteiger partial charge in [-0.25, -0.2) is 0 Å². The molecule has 0 atom stereocenters. The quantitative estimate of drug-likeness (QED) is 0.502. The Morgan fingerprint density at radius 3 is 1.94 bits per heavy atom. The molecule has 2 aromatic carbocycles. The lowest BCUT2D eigenvalue weighted by Gasteiger charge is -2.05. The molecule has 0 unspecified atom stereocenters. The van der Waals surface area contributed by atoms with Gasteiger partial charge in [0, 0.05) is 16.5 Å². The molecule has 1 heteroatoms. The van der Waals surface area contributed by atoms with Gasteiger partial charge in [-0.3, -0.25) is 4.98 Å². The normalized spacial score (nSPS) is 10.1. The van der Waals surface area contributed by atoms with Crippen LogP contribution in [0.15, 0.2) is 48.5 Å². The van der Waals surface area contributed by atoms with Crippen molar-refractivity contribution in [3.63, 3.8) is 0 Å². The molecular weight excluding hydrogens is 206 g/mol. The van der Waals surface area contributed by atoms with E-state index in [2.05, 4.69) is 54.4 Å². The van der Waals surface area contributed by atoms with Crippen LogP contribution < -0.4 is 0 Å². The van der Waals surface area contributed by atoms with Crippen molar-refractivity contribution >= 4 is 21.7 Å². The highest BCUT2D eigenvalue weighted by molar-refractivity contribution is 6.06. The Labute approximate surface area is 102 Å². The van der Waals surface area contributed by atoms with Crippen LogP contribution in [-0.4, -0.2) is 4.98 Å². The second-order valence-corrected chi connectivity index (χ2v) is 3.76.